The normalized spacial score (nSPS) is 10.3. The molecule has 0 aliphatic carbocycles. The zero-order valence-electron chi connectivity index (χ0n) is 11.9. The zero-order valence-corrected chi connectivity index (χ0v) is 13.5. The Hall–Kier alpha value is -2.73. The molecule has 0 aliphatic heterocycles. The molecule has 2 N–H and O–H groups in total. The number of H-pyrrole nitrogens is 1. The van der Waals surface area contributed by atoms with Crippen LogP contribution in [0.1, 0.15) is 10.4 Å². The van der Waals surface area contributed by atoms with Crippen LogP contribution in [0.15, 0.2) is 70.1 Å². The van der Waals surface area contributed by atoms with Crippen LogP contribution in [0.2, 0.25) is 0 Å². The van der Waals surface area contributed by atoms with Crippen molar-refractivity contribution in [2.75, 3.05) is 5.32 Å². The van der Waals surface area contributed by atoms with Crippen LogP contribution in [-0.2, 0) is 0 Å². The molecule has 1 amide bonds. The Morgan fingerprint density at radius 1 is 1.09 bits per heavy atom. The summed E-state index contributed by atoms with van der Waals surface area (Å²) in [5, 5.41) is 2.67. The summed E-state index contributed by atoms with van der Waals surface area (Å²) >= 11 is 3.33. The number of hydrogen-bond acceptors (Lipinski definition) is 3. The lowest BCUT2D eigenvalue weighted by atomic mass is 10.2. The summed E-state index contributed by atoms with van der Waals surface area (Å²) in [5.74, 6) is -0.0777. The number of nitrogens with one attached hydrogen (secondary N) is 2. The number of carbonyl (C=O) groups excluding carboxylic acids is 1. The lowest BCUT2D eigenvalue weighted by Gasteiger charge is -2.06. The van der Waals surface area contributed by atoms with Gasteiger partial charge in [0, 0.05) is 21.9 Å². The molecule has 3 aromatic rings. The topological polar surface area (TPSA) is 74.8 Å². The number of aromatic amines is 1. The third kappa shape index (κ3) is 3.54. The minimum atomic E-state index is -0.503. The van der Waals surface area contributed by atoms with Gasteiger partial charge in [-0.25, -0.2) is 4.98 Å². The predicted molar refractivity (Wildman–Crippen MR) is 92.4 cm³/mol. The molecule has 0 saturated carbocycles. The predicted octanol–water partition coefficient (Wildman–Crippen LogP) is 3.45. The average Bonchev–Trinajstić information content (AvgIpc) is 2.55. The van der Waals surface area contributed by atoms with Crippen molar-refractivity contribution < 1.29 is 4.79 Å². The molecule has 0 radical (unpaired) electrons. The van der Waals surface area contributed by atoms with Gasteiger partial charge in [0.1, 0.15) is 11.4 Å². The molecule has 2 aromatic carbocycles. The van der Waals surface area contributed by atoms with Crippen molar-refractivity contribution in [3.8, 4) is 11.4 Å². The van der Waals surface area contributed by atoms with Crippen LogP contribution in [0.25, 0.3) is 11.4 Å². The van der Waals surface area contributed by atoms with E-state index in [1.165, 1.54) is 6.20 Å². The number of nitrogens with zero attached hydrogens (tertiary/aromatic N) is 1. The highest BCUT2D eigenvalue weighted by Gasteiger charge is 2.13. The minimum absolute atomic E-state index is 0.0374. The Morgan fingerprint density at radius 2 is 1.87 bits per heavy atom. The van der Waals surface area contributed by atoms with Crippen LogP contribution >= 0.6 is 15.9 Å². The Kier molecular flexibility index (Phi) is 4.34. The fourth-order valence-electron chi connectivity index (χ4n) is 2.06. The molecule has 23 heavy (non-hydrogen) atoms. The molecular weight excluding hydrogens is 358 g/mol. The van der Waals surface area contributed by atoms with Crippen molar-refractivity contribution in [1.29, 1.82) is 0 Å². The highest BCUT2D eigenvalue weighted by molar-refractivity contribution is 9.10. The van der Waals surface area contributed by atoms with Gasteiger partial charge in [0.25, 0.3) is 11.5 Å². The van der Waals surface area contributed by atoms with Gasteiger partial charge in [-0.3, -0.25) is 9.59 Å². The quantitative estimate of drug-likeness (QED) is 0.742. The summed E-state index contributed by atoms with van der Waals surface area (Å²) in [6, 6.07) is 16.4. The number of aromatic nitrogens is 2. The maximum absolute atomic E-state index is 12.2. The van der Waals surface area contributed by atoms with Crippen LogP contribution in [-0.4, -0.2) is 15.9 Å². The molecule has 0 aliphatic rings. The molecule has 1 heterocycles. The SMILES string of the molecule is O=C(Nc1cccc(Br)c1)c1cnc(-c2ccccc2)[nH]c1=O. The van der Waals surface area contributed by atoms with Gasteiger partial charge in [0.15, 0.2) is 0 Å². The van der Waals surface area contributed by atoms with Gasteiger partial charge in [-0.1, -0.05) is 52.3 Å². The summed E-state index contributed by atoms with van der Waals surface area (Å²) in [6.07, 6.45) is 1.29. The van der Waals surface area contributed by atoms with Crippen molar-refractivity contribution in [2.45, 2.75) is 0 Å². The first-order chi connectivity index (χ1) is 11.1. The first kappa shape index (κ1) is 15.2. The number of carbonyl (C=O) groups is 1. The fraction of sp³-hybridized carbons (Fsp3) is 0. The smallest absolute Gasteiger partial charge is 0.264 e. The van der Waals surface area contributed by atoms with Crippen LogP contribution in [0.5, 0.6) is 0 Å². The van der Waals surface area contributed by atoms with Crippen molar-refractivity contribution in [3.63, 3.8) is 0 Å². The van der Waals surface area contributed by atoms with Gasteiger partial charge < -0.3 is 10.3 Å². The van der Waals surface area contributed by atoms with Crippen LogP contribution in [0.3, 0.4) is 0 Å². The van der Waals surface area contributed by atoms with E-state index < -0.39 is 11.5 Å². The molecule has 3 rings (SSSR count). The Balaban J connectivity index is 1.86. The van der Waals surface area contributed by atoms with Gasteiger partial charge in [0.2, 0.25) is 0 Å². The Morgan fingerprint density at radius 3 is 2.57 bits per heavy atom. The summed E-state index contributed by atoms with van der Waals surface area (Å²) in [5.41, 5.74) is 0.857. The van der Waals surface area contributed by atoms with E-state index in [0.717, 1.165) is 10.0 Å². The minimum Gasteiger partial charge on any atom is -0.322 e. The Bertz CT molecular complexity index is 907. The third-order valence-corrected chi connectivity index (χ3v) is 3.67. The van der Waals surface area contributed by atoms with Gasteiger partial charge in [-0.2, -0.15) is 0 Å². The number of hydrogen-bond donors (Lipinski definition) is 2. The lowest BCUT2D eigenvalue weighted by Crippen LogP contribution is -2.24. The van der Waals surface area contributed by atoms with E-state index in [9.17, 15) is 9.59 Å². The van der Waals surface area contributed by atoms with Gasteiger partial charge in [-0.05, 0) is 18.2 Å². The molecule has 0 spiro atoms. The second-order valence-corrected chi connectivity index (χ2v) is 5.72. The van der Waals surface area contributed by atoms with Crippen molar-refractivity contribution >= 4 is 27.5 Å². The maximum atomic E-state index is 12.2. The molecule has 5 nitrogen and oxygen atoms in total. The first-order valence-corrected chi connectivity index (χ1v) is 7.64. The summed E-state index contributed by atoms with van der Waals surface area (Å²) < 4.78 is 0.835. The van der Waals surface area contributed by atoms with Crippen LogP contribution in [0.4, 0.5) is 5.69 Å². The van der Waals surface area contributed by atoms with E-state index in [1.807, 2.05) is 36.4 Å². The third-order valence-electron chi connectivity index (χ3n) is 3.17. The summed E-state index contributed by atoms with van der Waals surface area (Å²) in [7, 11) is 0. The van der Waals surface area contributed by atoms with Gasteiger partial charge in [-0.15, -0.1) is 0 Å². The van der Waals surface area contributed by atoms with Crippen LogP contribution < -0.4 is 10.9 Å². The Labute approximate surface area is 140 Å². The van der Waals surface area contributed by atoms with Crippen molar-refractivity contribution in [3.05, 3.63) is 81.2 Å². The summed E-state index contributed by atoms with van der Waals surface area (Å²) in [4.78, 5) is 31.2. The van der Waals surface area contributed by atoms with E-state index in [0.29, 0.717) is 11.5 Å². The molecule has 0 bridgehead atoms. The monoisotopic (exact) mass is 369 g/mol. The molecule has 6 heteroatoms. The largest absolute Gasteiger partial charge is 0.322 e. The zero-order chi connectivity index (χ0) is 16.2. The van der Waals surface area contributed by atoms with E-state index in [-0.39, 0.29) is 5.56 Å². The number of halogens is 1. The molecular formula is C17H12BrN3O2. The number of anilines is 1. The lowest BCUT2D eigenvalue weighted by molar-refractivity contribution is 0.102. The standard InChI is InChI=1S/C17H12BrN3O2/c18-12-7-4-8-13(9-12)20-16(22)14-10-19-15(21-17(14)23)11-5-2-1-3-6-11/h1-10H,(H,20,22)(H,19,21,23). The molecule has 0 unspecified atom stereocenters. The first-order valence-electron chi connectivity index (χ1n) is 6.85. The molecule has 114 valence electrons. The molecule has 1 aromatic heterocycles. The second kappa shape index (κ2) is 6.58. The van der Waals surface area contributed by atoms with E-state index in [2.05, 4.69) is 31.2 Å². The highest BCUT2D eigenvalue weighted by Crippen LogP contribution is 2.16. The van der Waals surface area contributed by atoms with Gasteiger partial charge in [0.05, 0.1) is 0 Å². The van der Waals surface area contributed by atoms with E-state index in [4.69, 9.17) is 0 Å². The highest BCUT2D eigenvalue weighted by atomic mass is 79.9. The molecule has 0 atom stereocenters. The maximum Gasteiger partial charge on any atom is 0.264 e. The van der Waals surface area contributed by atoms with Gasteiger partial charge >= 0.3 is 0 Å². The molecule has 0 fully saturated rings. The van der Waals surface area contributed by atoms with Crippen molar-refractivity contribution in [2.24, 2.45) is 0 Å². The summed E-state index contributed by atoms with van der Waals surface area (Å²) in [6.45, 7) is 0. The van der Waals surface area contributed by atoms with E-state index in [1.54, 1.807) is 18.2 Å². The van der Waals surface area contributed by atoms with E-state index >= 15 is 0 Å². The number of amides is 1. The van der Waals surface area contributed by atoms with Crippen molar-refractivity contribution in [1.82, 2.24) is 9.97 Å². The number of benzene rings is 2. The average molecular weight is 370 g/mol. The van der Waals surface area contributed by atoms with Crippen LogP contribution in [0, 0.1) is 0 Å². The fourth-order valence-corrected chi connectivity index (χ4v) is 2.46. The second-order valence-electron chi connectivity index (χ2n) is 4.81. The number of rotatable bonds is 3. The molecule has 0 saturated heterocycles.